The summed E-state index contributed by atoms with van der Waals surface area (Å²) in [5, 5.41) is 23.0. The first-order valence-electron chi connectivity index (χ1n) is 8.75. The van der Waals surface area contributed by atoms with E-state index in [0.717, 1.165) is 11.1 Å². The molecule has 1 heterocycles. The van der Waals surface area contributed by atoms with Gasteiger partial charge in [-0.3, -0.25) is 9.78 Å². The van der Waals surface area contributed by atoms with E-state index in [1.165, 1.54) is 12.1 Å². The van der Waals surface area contributed by atoms with Crippen LogP contribution in [-0.4, -0.2) is 25.8 Å². The van der Waals surface area contributed by atoms with Gasteiger partial charge in [0.1, 0.15) is 5.41 Å². The zero-order chi connectivity index (χ0) is 21.6. The van der Waals surface area contributed by atoms with Gasteiger partial charge in [0.2, 0.25) is 5.69 Å². The fourth-order valence-corrected chi connectivity index (χ4v) is 4.65. The Hall–Kier alpha value is -3.41. The van der Waals surface area contributed by atoms with E-state index in [1.54, 1.807) is 0 Å². The first kappa shape index (κ1) is 19.9. The van der Waals surface area contributed by atoms with E-state index >= 15 is 0 Å². The van der Waals surface area contributed by atoms with E-state index in [0.29, 0.717) is 23.1 Å². The molecule has 150 valence electrons. The number of hydrogen-bond acceptors (Lipinski definition) is 5. The number of nitrogens with zero attached hydrogens (tertiary/aromatic N) is 3. The number of carbonyl (C=O) groups is 1. The highest BCUT2D eigenvalue weighted by atomic mass is 35.5. The number of aryl methyl sites for hydroxylation is 1. The summed E-state index contributed by atoms with van der Waals surface area (Å²) in [4.78, 5) is 36.9. The molecule has 4 rings (SSSR count). The molecule has 0 saturated heterocycles. The Morgan fingerprint density at radius 2 is 1.90 bits per heavy atom. The summed E-state index contributed by atoms with van der Waals surface area (Å²) in [6.45, 7) is 0. The molecule has 0 amide bonds. The third kappa shape index (κ3) is 2.91. The van der Waals surface area contributed by atoms with Gasteiger partial charge < -0.3 is 5.11 Å². The lowest BCUT2D eigenvalue weighted by molar-refractivity contribution is 0.0685. The lowest BCUT2D eigenvalue weighted by Gasteiger charge is -2.26. The minimum Gasteiger partial charge on any atom is -0.476 e. The van der Waals surface area contributed by atoms with Crippen LogP contribution in [0, 0.1) is 11.3 Å². The van der Waals surface area contributed by atoms with Gasteiger partial charge in [-0.15, -0.1) is 0 Å². The van der Waals surface area contributed by atoms with Crippen molar-refractivity contribution in [3.05, 3.63) is 89.7 Å². The van der Waals surface area contributed by atoms with E-state index in [2.05, 4.69) is 11.2 Å². The monoisotopic (exact) mass is 442 g/mol. The molecule has 2 aromatic carbocycles. The van der Waals surface area contributed by atoms with Crippen LogP contribution in [0.5, 0.6) is 0 Å². The molecule has 1 aliphatic rings. The van der Waals surface area contributed by atoms with E-state index in [-0.39, 0.29) is 15.7 Å². The van der Waals surface area contributed by atoms with Crippen molar-refractivity contribution < 1.29 is 9.90 Å². The molecular weight excluding hydrogens is 431 g/mol. The minimum atomic E-state index is -1.59. The summed E-state index contributed by atoms with van der Waals surface area (Å²) in [7, 11) is 0. The first-order valence-corrected chi connectivity index (χ1v) is 9.50. The molecule has 1 unspecified atom stereocenters. The molecule has 2 N–H and O–H groups in total. The van der Waals surface area contributed by atoms with Crippen LogP contribution in [-0.2, 0) is 11.8 Å². The predicted octanol–water partition coefficient (Wildman–Crippen LogP) is 2.68. The maximum atomic E-state index is 12.2. The summed E-state index contributed by atoms with van der Waals surface area (Å²) in [5.74, 6) is -1.59. The van der Waals surface area contributed by atoms with Crippen LogP contribution in [0.4, 0.5) is 0 Å². The fraction of sp³-hybridized carbons (Fsp3) is 0.150. The number of halogens is 2. The summed E-state index contributed by atoms with van der Waals surface area (Å²) >= 11 is 13.0. The Morgan fingerprint density at radius 3 is 2.53 bits per heavy atom. The second kappa shape index (κ2) is 7.13. The molecule has 10 heteroatoms. The smallest absolute Gasteiger partial charge is 0.362 e. The number of rotatable bonds is 3. The summed E-state index contributed by atoms with van der Waals surface area (Å²) < 4.78 is 0.689. The maximum absolute atomic E-state index is 12.2. The molecule has 30 heavy (non-hydrogen) atoms. The standard InChI is InChI=1S/C20H12Cl2N4O4/c21-13-7-11(26-19(30)24-17(27)16(25-26)18(28)29)8-14(22)15(13)20(9-23)6-5-10-3-1-2-4-12(10)20/h1-4,7-8H,5-6H2,(H,28,29)(H,24,27,30). The Balaban J connectivity index is 1.93. The van der Waals surface area contributed by atoms with Gasteiger partial charge in [0.05, 0.1) is 11.8 Å². The molecule has 8 nitrogen and oxygen atoms in total. The number of nitrogens with one attached hydrogen (secondary N) is 1. The zero-order valence-corrected chi connectivity index (χ0v) is 16.7. The molecule has 1 aromatic heterocycles. The van der Waals surface area contributed by atoms with Gasteiger partial charge in [-0.05, 0) is 36.1 Å². The average Bonchev–Trinajstić information content (AvgIpc) is 3.07. The van der Waals surface area contributed by atoms with Gasteiger partial charge in [0.15, 0.2) is 0 Å². The number of H-pyrrole nitrogens is 1. The number of carboxylic acids is 1. The highest BCUT2D eigenvalue weighted by Crippen LogP contribution is 2.48. The van der Waals surface area contributed by atoms with Gasteiger partial charge >= 0.3 is 11.7 Å². The number of aromatic amines is 1. The van der Waals surface area contributed by atoms with Crippen molar-refractivity contribution in [2.24, 2.45) is 0 Å². The van der Waals surface area contributed by atoms with Crippen LogP contribution in [0.2, 0.25) is 10.0 Å². The molecule has 0 spiro atoms. The van der Waals surface area contributed by atoms with E-state index in [1.807, 2.05) is 29.2 Å². The average molecular weight is 443 g/mol. The Bertz CT molecular complexity index is 1350. The van der Waals surface area contributed by atoms with Crippen LogP contribution >= 0.6 is 23.2 Å². The third-order valence-corrected chi connectivity index (χ3v) is 5.76. The van der Waals surface area contributed by atoms with Crippen LogP contribution < -0.4 is 11.2 Å². The number of carboxylic acid groups (broad SMARTS) is 1. The number of nitriles is 1. The molecule has 0 saturated carbocycles. The molecule has 0 bridgehead atoms. The molecule has 0 fully saturated rings. The molecule has 3 aromatic rings. The number of fused-ring (bicyclic) bond motifs is 1. The highest BCUT2D eigenvalue weighted by molar-refractivity contribution is 6.36. The van der Waals surface area contributed by atoms with Crippen molar-refractivity contribution >= 4 is 29.2 Å². The van der Waals surface area contributed by atoms with Gasteiger partial charge in [0, 0.05) is 15.6 Å². The fourth-order valence-electron chi connectivity index (χ4n) is 3.85. The quantitative estimate of drug-likeness (QED) is 0.641. The largest absolute Gasteiger partial charge is 0.476 e. The molecule has 1 aliphatic carbocycles. The van der Waals surface area contributed by atoms with E-state index < -0.39 is 28.3 Å². The highest BCUT2D eigenvalue weighted by Gasteiger charge is 2.43. The Kier molecular flexibility index (Phi) is 4.73. The summed E-state index contributed by atoms with van der Waals surface area (Å²) in [6.07, 6.45) is 1.17. The third-order valence-electron chi connectivity index (χ3n) is 5.17. The number of aromatic carboxylic acids is 1. The number of hydrogen-bond donors (Lipinski definition) is 2. The normalized spacial score (nSPS) is 17.4. The van der Waals surface area contributed by atoms with Gasteiger partial charge in [-0.1, -0.05) is 47.5 Å². The van der Waals surface area contributed by atoms with E-state index in [9.17, 15) is 19.6 Å². The maximum Gasteiger partial charge on any atom is 0.362 e. The summed E-state index contributed by atoms with van der Waals surface area (Å²) in [5.41, 5.74) is -1.69. The molecular formula is C20H12Cl2N4O4. The molecule has 0 aliphatic heterocycles. The predicted molar refractivity (Wildman–Crippen MR) is 109 cm³/mol. The van der Waals surface area contributed by atoms with Crippen LogP contribution in [0.15, 0.2) is 46.0 Å². The van der Waals surface area contributed by atoms with Crippen molar-refractivity contribution in [1.82, 2.24) is 14.8 Å². The first-order chi connectivity index (χ1) is 14.3. The number of aromatic nitrogens is 3. The second-order valence-corrected chi connectivity index (χ2v) is 7.60. The summed E-state index contributed by atoms with van der Waals surface area (Å²) in [6, 6.07) is 12.6. The van der Waals surface area contributed by atoms with Gasteiger partial charge in [0.25, 0.3) is 5.56 Å². The van der Waals surface area contributed by atoms with Crippen molar-refractivity contribution in [3.8, 4) is 11.8 Å². The lowest BCUT2D eigenvalue weighted by atomic mass is 9.76. The zero-order valence-electron chi connectivity index (χ0n) is 15.1. The minimum absolute atomic E-state index is 0.0527. The molecule has 0 radical (unpaired) electrons. The topological polar surface area (TPSA) is 129 Å². The van der Waals surface area contributed by atoms with Crippen molar-refractivity contribution in [3.63, 3.8) is 0 Å². The SMILES string of the molecule is N#CC1(c2c(Cl)cc(-n3nc(C(=O)O)c(=O)[nH]c3=O)cc2Cl)CCc2ccccc21. The van der Waals surface area contributed by atoms with Crippen LogP contribution in [0.25, 0.3) is 5.69 Å². The number of benzene rings is 2. The second-order valence-electron chi connectivity index (χ2n) is 6.78. The Labute approximate surface area is 178 Å². The Morgan fingerprint density at radius 1 is 1.23 bits per heavy atom. The van der Waals surface area contributed by atoms with Crippen molar-refractivity contribution in [2.45, 2.75) is 18.3 Å². The molecule has 1 atom stereocenters. The van der Waals surface area contributed by atoms with E-state index in [4.69, 9.17) is 28.3 Å². The van der Waals surface area contributed by atoms with Crippen LogP contribution in [0.1, 0.15) is 33.6 Å². The lowest BCUT2D eigenvalue weighted by Crippen LogP contribution is -2.35. The van der Waals surface area contributed by atoms with Crippen molar-refractivity contribution in [1.29, 1.82) is 5.26 Å². The van der Waals surface area contributed by atoms with Gasteiger partial charge in [-0.2, -0.15) is 15.0 Å². The van der Waals surface area contributed by atoms with Crippen LogP contribution in [0.3, 0.4) is 0 Å². The van der Waals surface area contributed by atoms with Crippen molar-refractivity contribution in [2.75, 3.05) is 0 Å². The van der Waals surface area contributed by atoms with Gasteiger partial charge in [-0.25, -0.2) is 9.59 Å².